The van der Waals surface area contributed by atoms with Crippen LogP contribution in [0.4, 0.5) is 0 Å². The van der Waals surface area contributed by atoms with Crippen LogP contribution in [0.2, 0.25) is 0 Å². The number of carbonyl (C=O) groups excluding carboxylic acids is 3. The monoisotopic (exact) mass is 452 g/mol. The molecule has 32 heavy (non-hydrogen) atoms. The highest BCUT2D eigenvalue weighted by atomic mass is 32.1. The molecule has 9 nitrogen and oxygen atoms in total. The largest absolute Gasteiger partial charge is 0.468 e. The number of nitrogens with zero attached hydrogens (tertiary/aromatic N) is 2. The Morgan fingerprint density at radius 3 is 2.62 bits per heavy atom. The van der Waals surface area contributed by atoms with Gasteiger partial charge in [0.1, 0.15) is 24.0 Å². The minimum absolute atomic E-state index is 0.157. The Balaban J connectivity index is 1.88. The molecular weight excluding hydrogens is 436 g/mol. The number of amides is 1. The number of para-hydroxylation sites is 1. The van der Waals surface area contributed by atoms with Crippen LogP contribution in [0.15, 0.2) is 62.9 Å². The van der Waals surface area contributed by atoms with Crippen LogP contribution >= 0.6 is 11.3 Å². The molecule has 10 heteroatoms. The molecule has 1 amide bonds. The fraction of sp³-hybridized carbons (Fsp3) is 0.136. The summed E-state index contributed by atoms with van der Waals surface area (Å²) in [6.07, 6.45) is 1.07. The third-order valence-corrected chi connectivity index (χ3v) is 5.77. The summed E-state index contributed by atoms with van der Waals surface area (Å²) in [7, 11) is 2.52. The lowest BCUT2D eigenvalue weighted by atomic mass is 10.1. The zero-order valence-corrected chi connectivity index (χ0v) is 17.8. The fourth-order valence-corrected chi connectivity index (χ4v) is 4.19. The standard InChI is InChI=1S/C22H16N2O7S/c1-29-18(25)10-24-15-8-7-12(21(28)30-2)9-17(15)32-22(24)23-20(27)14-11-31-16-6-4-3-5-13(16)19(14)26/h3-9,11H,10H2,1-2H3. The molecule has 0 aliphatic rings. The second kappa shape index (κ2) is 8.60. The molecule has 2 heterocycles. The third-order valence-electron chi connectivity index (χ3n) is 4.73. The number of benzene rings is 2. The highest BCUT2D eigenvalue weighted by molar-refractivity contribution is 7.16. The number of carbonyl (C=O) groups is 3. The highest BCUT2D eigenvalue weighted by Crippen LogP contribution is 2.20. The van der Waals surface area contributed by atoms with Crippen molar-refractivity contribution in [2.45, 2.75) is 6.54 Å². The number of hydrogen-bond donors (Lipinski definition) is 0. The van der Waals surface area contributed by atoms with E-state index in [2.05, 4.69) is 4.99 Å². The van der Waals surface area contributed by atoms with Crippen LogP contribution in [-0.2, 0) is 20.8 Å². The fourth-order valence-electron chi connectivity index (χ4n) is 3.12. The molecule has 0 N–H and O–H groups in total. The highest BCUT2D eigenvalue weighted by Gasteiger charge is 2.17. The van der Waals surface area contributed by atoms with Crippen LogP contribution in [0, 0.1) is 0 Å². The number of ether oxygens (including phenoxy) is 2. The van der Waals surface area contributed by atoms with E-state index in [9.17, 15) is 19.2 Å². The number of thiazole rings is 1. The van der Waals surface area contributed by atoms with E-state index in [1.54, 1.807) is 36.4 Å². The Hall–Kier alpha value is -4.05. The molecule has 0 atom stereocenters. The molecule has 4 rings (SSSR count). The van der Waals surface area contributed by atoms with Gasteiger partial charge in [-0.2, -0.15) is 4.99 Å². The van der Waals surface area contributed by atoms with E-state index in [1.165, 1.54) is 24.9 Å². The Morgan fingerprint density at radius 2 is 1.88 bits per heavy atom. The topological polar surface area (TPSA) is 117 Å². The predicted molar refractivity (Wildman–Crippen MR) is 116 cm³/mol. The number of hydrogen-bond acceptors (Lipinski definition) is 8. The van der Waals surface area contributed by atoms with E-state index in [-0.39, 0.29) is 22.3 Å². The van der Waals surface area contributed by atoms with Gasteiger partial charge in [0.05, 0.1) is 35.4 Å². The van der Waals surface area contributed by atoms with E-state index >= 15 is 0 Å². The second-order valence-corrected chi connectivity index (χ2v) is 7.62. The van der Waals surface area contributed by atoms with Gasteiger partial charge in [0.15, 0.2) is 4.80 Å². The Labute approximate surface area is 184 Å². The summed E-state index contributed by atoms with van der Waals surface area (Å²) in [5, 5.41) is 0.259. The van der Waals surface area contributed by atoms with Gasteiger partial charge in [-0.1, -0.05) is 23.5 Å². The predicted octanol–water partition coefficient (Wildman–Crippen LogP) is 2.51. The molecule has 0 spiro atoms. The molecule has 0 aliphatic carbocycles. The summed E-state index contributed by atoms with van der Waals surface area (Å²) in [6, 6.07) is 11.3. The van der Waals surface area contributed by atoms with Crippen LogP contribution in [0.3, 0.4) is 0 Å². The van der Waals surface area contributed by atoms with Crippen molar-refractivity contribution < 1.29 is 28.3 Å². The second-order valence-electron chi connectivity index (χ2n) is 6.61. The third kappa shape index (κ3) is 3.83. The van der Waals surface area contributed by atoms with Gasteiger partial charge in [0, 0.05) is 0 Å². The molecule has 0 saturated heterocycles. The van der Waals surface area contributed by atoms with Crippen molar-refractivity contribution >= 4 is 50.4 Å². The van der Waals surface area contributed by atoms with Crippen molar-refractivity contribution in [2.24, 2.45) is 4.99 Å². The summed E-state index contributed by atoms with van der Waals surface area (Å²) in [4.78, 5) is 53.6. The molecule has 2 aromatic heterocycles. The number of methoxy groups -OCH3 is 2. The van der Waals surface area contributed by atoms with Crippen molar-refractivity contribution in [1.29, 1.82) is 0 Å². The molecule has 0 bridgehead atoms. The molecule has 4 aromatic rings. The zero-order valence-electron chi connectivity index (χ0n) is 17.0. The first-order valence-corrected chi connectivity index (χ1v) is 10.1. The first-order chi connectivity index (χ1) is 15.4. The first kappa shape index (κ1) is 21.2. The van der Waals surface area contributed by atoms with Gasteiger partial charge in [0.25, 0.3) is 5.91 Å². The molecule has 0 saturated carbocycles. The van der Waals surface area contributed by atoms with Crippen LogP contribution in [0.5, 0.6) is 0 Å². The van der Waals surface area contributed by atoms with Gasteiger partial charge < -0.3 is 18.5 Å². The average molecular weight is 452 g/mol. The molecule has 0 radical (unpaired) electrons. The molecule has 0 aliphatic heterocycles. The summed E-state index contributed by atoms with van der Waals surface area (Å²) in [5.41, 5.74) is 0.479. The maximum absolute atomic E-state index is 12.9. The quantitative estimate of drug-likeness (QED) is 0.437. The Bertz CT molecular complexity index is 1510. The molecule has 2 aromatic carbocycles. The zero-order chi connectivity index (χ0) is 22.8. The summed E-state index contributed by atoms with van der Waals surface area (Å²) in [6.45, 7) is -0.216. The van der Waals surface area contributed by atoms with Gasteiger partial charge in [-0.15, -0.1) is 0 Å². The van der Waals surface area contributed by atoms with E-state index in [1.807, 2.05) is 0 Å². The van der Waals surface area contributed by atoms with Gasteiger partial charge in [-0.25, -0.2) is 4.79 Å². The van der Waals surface area contributed by atoms with Crippen molar-refractivity contribution in [3.63, 3.8) is 0 Å². The van der Waals surface area contributed by atoms with E-state index in [0.717, 1.165) is 17.6 Å². The van der Waals surface area contributed by atoms with Crippen LogP contribution in [-0.4, -0.2) is 36.6 Å². The lowest BCUT2D eigenvalue weighted by molar-refractivity contribution is -0.141. The SMILES string of the molecule is COC(=O)Cn1c(=NC(=O)c2coc3ccccc3c2=O)sc2cc(C(=O)OC)ccc21. The maximum Gasteiger partial charge on any atom is 0.337 e. The number of fused-ring (bicyclic) bond motifs is 2. The first-order valence-electron chi connectivity index (χ1n) is 9.31. The smallest absolute Gasteiger partial charge is 0.337 e. The van der Waals surface area contributed by atoms with Gasteiger partial charge in [-0.05, 0) is 30.3 Å². The van der Waals surface area contributed by atoms with Gasteiger partial charge in [-0.3, -0.25) is 14.4 Å². The van der Waals surface area contributed by atoms with Gasteiger partial charge >= 0.3 is 11.9 Å². The molecular formula is C22H16N2O7S. The Kier molecular flexibility index (Phi) is 5.69. The number of aromatic nitrogens is 1. The van der Waals surface area contributed by atoms with Crippen LogP contribution in [0.1, 0.15) is 20.7 Å². The van der Waals surface area contributed by atoms with Crippen molar-refractivity contribution in [3.05, 3.63) is 74.9 Å². The summed E-state index contributed by atoms with van der Waals surface area (Å²) in [5.74, 6) is -1.90. The maximum atomic E-state index is 12.9. The summed E-state index contributed by atoms with van der Waals surface area (Å²) < 4.78 is 16.9. The van der Waals surface area contributed by atoms with E-state index in [0.29, 0.717) is 21.4 Å². The van der Waals surface area contributed by atoms with E-state index in [4.69, 9.17) is 13.9 Å². The van der Waals surface area contributed by atoms with Crippen LogP contribution < -0.4 is 10.2 Å². The Morgan fingerprint density at radius 1 is 1.09 bits per heavy atom. The minimum atomic E-state index is -0.817. The van der Waals surface area contributed by atoms with Crippen molar-refractivity contribution in [2.75, 3.05) is 14.2 Å². The average Bonchev–Trinajstić information content (AvgIpc) is 3.14. The lowest BCUT2D eigenvalue weighted by Crippen LogP contribution is -2.23. The minimum Gasteiger partial charge on any atom is -0.468 e. The normalized spacial score (nSPS) is 11.6. The lowest BCUT2D eigenvalue weighted by Gasteiger charge is -2.04. The van der Waals surface area contributed by atoms with Gasteiger partial charge in [0.2, 0.25) is 5.43 Å². The van der Waals surface area contributed by atoms with Crippen molar-refractivity contribution in [3.8, 4) is 0 Å². The molecule has 0 unspecified atom stereocenters. The van der Waals surface area contributed by atoms with E-state index < -0.39 is 23.3 Å². The molecule has 0 fully saturated rings. The van der Waals surface area contributed by atoms with Crippen molar-refractivity contribution in [1.82, 2.24) is 4.57 Å². The summed E-state index contributed by atoms with van der Waals surface area (Å²) >= 11 is 1.08. The van der Waals surface area contributed by atoms with Crippen LogP contribution in [0.25, 0.3) is 21.2 Å². The number of rotatable bonds is 4. The number of esters is 2. The molecule has 162 valence electrons.